The Bertz CT molecular complexity index is 185. The lowest BCUT2D eigenvalue weighted by Crippen LogP contribution is -2.51. The van der Waals surface area contributed by atoms with Crippen molar-refractivity contribution in [1.82, 2.24) is 10.2 Å². The molecule has 0 spiro atoms. The highest BCUT2D eigenvalue weighted by Crippen LogP contribution is 2.02. The summed E-state index contributed by atoms with van der Waals surface area (Å²) in [5, 5.41) is 3.28. The van der Waals surface area contributed by atoms with Gasteiger partial charge >= 0.3 is 6.09 Å². The van der Waals surface area contributed by atoms with Gasteiger partial charge in [0, 0.05) is 25.7 Å². The van der Waals surface area contributed by atoms with Crippen molar-refractivity contribution in [2.24, 2.45) is 0 Å². The number of piperazine rings is 1. The molecule has 1 heterocycles. The number of nitrogens with one attached hydrogen (secondary N) is 1. The molecule has 0 unspecified atom stereocenters. The average molecular weight is 200 g/mol. The summed E-state index contributed by atoms with van der Waals surface area (Å²) in [5.41, 5.74) is 0. The number of carbonyl (C=O) groups is 1. The number of hydrogen-bond acceptors (Lipinski definition) is 3. The molecule has 14 heavy (non-hydrogen) atoms. The minimum absolute atomic E-state index is 0.160. The van der Waals surface area contributed by atoms with E-state index in [1.165, 1.54) is 0 Å². The Morgan fingerprint density at radius 3 is 3.07 bits per heavy atom. The summed E-state index contributed by atoms with van der Waals surface area (Å²) in [6.45, 7) is 7.09. The normalized spacial score (nSPS) is 22.1. The Hall–Kier alpha value is -0.770. The van der Waals surface area contributed by atoms with Gasteiger partial charge in [0.25, 0.3) is 0 Å². The van der Waals surface area contributed by atoms with E-state index in [2.05, 4.69) is 19.2 Å². The number of hydrogen-bond donors (Lipinski definition) is 1. The lowest BCUT2D eigenvalue weighted by molar-refractivity contribution is 0.0908. The van der Waals surface area contributed by atoms with Crippen molar-refractivity contribution in [3.05, 3.63) is 0 Å². The van der Waals surface area contributed by atoms with E-state index in [-0.39, 0.29) is 6.09 Å². The minimum Gasteiger partial charge on any atom is -0.449 e. The van der Waals surface area contributed by atoms with Crippen LogP contribution in [0.15, 0.2) is 0 Å². The maximum absolute atomic E-state index is 11.5. The maximum Gasteiger partial charge on any atom is 0.409 e. The molecular formula is C10H20N2O2. The zero-order chi connectivity index (χ0) is 10.4. The highest BCUT2D eigenvalue weighted by molar-refractivity contribution is 5.67. The number of carbonyl (C=O) groups excluding carboxylic acids is 1. The van der Waals surface area contributed by atoms with Crippen LogP contribution < -0.4 is 5.32 Å². The number of rotatable bonds is 3. The third-order valence-corrected chi connectivity index (χ3v) is 2.35. The molecule has 0 aromatic heterocycles. The first kappa shape index (κ1) is 11.3. The Balaban J connectivity index is 2.22. The topological polar surface area (TPSA) is 41.6 Å². The van der Waals surface area contributed by atoms with E-state index < -0.39 is 0 Å². The van der Waals surface area contributed by atoms with E-state index in [1.807, 2.05) is 0 Å². The van der Waals surface area contributed by atoms with Gasteiger partial charge in [-0.2, -0.15) is 0 Å². The van der Waals surface area contributed by atoms with E-state index in [1.54, 1.807) is 4.90 Å². The fourth-order valence-electron chi connectivity index (χ4n) is 1.49. The monoisotopic (exact) mass is 200 g/mol. The summed E-state index contributed by atoms with van der Waals surface area (Å²) >= 11 is 0. The van der Waals surface area contributed by atoms with Crippen molar-refractivity contribution in [1.29, 1.82) is 0 Å². The molecule has 1 fully saturated rings. The quantitative estimate of drug-likeness (QED) is 0.696. The molecule has 1 amide bonds. The maximum atomic E-state index is 11.5. The van der Waals surface area contributed by atoms with Crippen LogP contribution in [-0.4, -0.2) is 43.3 Å². The zero-order valence-electron chi connectivity index (χ0n) is 9.08. The van der Waals surface area contributed by atoms with E-state index in [0.29, 0.717) is 12.6 Å². The van der Waals surface area contributed by atoms with E-state index in [9.17, 15) is 4.79 Å². The Morgan fingerprint density at radius 2 is 2.43 bits per heavy atom. The predicted octanol–water partition coefficient (Wildman–Crippen LogP) is 1.22. The van der Waals surface area contributed by atoms with Crippen molar-refractivity contribution in [2.75, 3.05) is 26.2 Å². The molecule has 0 saturated carbocycles. The van der Waals surface area contributed by atoms with Crippen LogP contribution >= 0.6 is 0 Å². The Kier molecular flexibility index (Phi) is 4.73. The SMILES string of the molecule is CCCCOC(=O)N1CCN[C@H](C)C1. The number of amides is 1. The standard InChI is InChI=1S/C10H20N2O2/c1-3-4-7-14-10(13)12-6-5-11-9(2)8-12/h9,11H,3-8H2,1-2H3/t9-/m1/s1. The summed E-state index contributed by atoms with van der Waals surface area (Å²) in [5.74, 6) is 0. The van der Waals surface area contributed by atoms with Gasteiger partial charge in [-0.25, -0.2) is 4.79 Å². The van der Waals surface area contributed by atoms with Crippen LogP contribution in [0.1, 0.15) is 26.7 Å². The van der Waals surface area contributed by atoms with Gasteiger partial charge in [0.05, 0.1) is 6.61 Å². The predicted molar refractivity (Wildman–Crippen MR) is 55.3 cm³/mol. The van der Waals surface area contributed by atoms with Crippen LogP contribution in [0, 0.1) is 0 Å². The molecule has 1 saturated heterocycles. The van der Waals surface area contributed by atoms with Crippen molar-refractivity contribution in [2.45, 2.75) is 32.7 Å². The minimum atomic E-state index is -0.160. The van der Waals surface area contributed by atoms with Crippen molar-refractivity contribution < 1.29 is 9.53 Å². The van der Waals surface area contributed by atoms with Gasteiger partial charge in [-0.15, -0.1) is 0 Å². The third kappa shape index (κ3) is 3.54. The van der Waals surface area contributed by atoms with E-state index in [0.717, 1.165) is 32.5 Å². The largest absolute Gasteiger partial charge is 0.449 e. The van der Waals surface area contributed by atoms with Gasteiger partial charge in [-0.05, 0) is 13.3 Å². The van der Waals surface area contributed by atoms with Crippen LogP contribution in [0.4, 0.5) is 4.79 Å². The van der Waals surface area contributed by atoms with Crippen molar-refractivity contribution >= 4 is 6.09 Å². The molecule has 82 valence electrons. The summed E-state index contributed by atoms with van der Waals surface area (Å²) < 4.78 is 5.13. The summed E-state index contributed by atoms with van der Waals surface area (Å²) in [6.07, 6.45) is 1.85. The molecule has 0 radical (unpaired) electrons. The zero-order valence-corrected chi connectivity index (χ0v) is 9.08. The first-order chi connectivity index (χ1) is 6.74. The fraction of sp³-hybridized carbons (Fsp3) is 0.900. The van der Waals surface area contributed by atoms with Crippen molar-refractivity contribution in [3.8, 4) is 0 Å². The summed E-state index contributed by atoms with van der Waals surface area (Å²) in [4.78, 5) is 13.3. The molecule has 1 aliphatic heterocycles. The molecule has 4 nitrogen and oxygen atoms in total. The van der Waals surface area contributed by atoms with E-state index in [4.69, 9.17) is 4.74 Å². The molecule has 0 aromatic rings. The number of ether oxygens (including phenoxy) is 1. The van der Waals surface area contributed by atoms with Crippen LogP contribution in [0.2, 0.25) is 0 Å². The average Bonchev–Trinajstić information content (AvgIpc) is 2.18. The number of unbranched alkanes of at least 4 members (excludes halogenated alkanes) is 1. The second kappa shape index (κ2) is 5.86. The van der Waals surface area contributed by atoms with E-state index >= 15 is 0 Å². The van der Waals surface area contributed by atoms with Crippen LogP contribution in [-0.2, 0) is 4.74 Å². The molecule has 0 aromatic carbocycles. The van der Waals surface area contributed by atoms with Crippen LogP contribution in [0.5, 0.6) is 0 Å². The summed E-state index contributed by atoms with van der Waals surface area (Å²) in [7, 11) is 0. The molecule has 0 aliphatic carbocycles. The molecule has 1 rings (SSSR count). The highest BCUT2D eigenvalue weighted by atomic mass is 16.6. The first-order valence-electron chi connectivity index (χ1n) is 5.39. The fourth-order valence-corrected chi connectivity index (χ4v) is 1.49. The Morgan fingerprint density at radius 1 is 1.64 bits per heavy atom. The second-order valence-electron chi connectivity index (χ2n) is 3.77. The highest BCUT2D eigenvalue weighted by Gasteiger charge is 2.20. The van der Waals surface area contributed by atoms with Gasteiger partial charge < -0.3 is 15.0 Å². The smallest absolute Gasteiger partial charge is 0.409 e. The van der Waals surface area contributed by atoms with Gasteiger partial charge in [0.1, 0.15) is 0 Å². The molecule has 0 bridgehead atoms. The second-order valence-corrected chi connectivity index (χ2v) is 3.77. The molecule has 4 heteroatoms. The van der Waals surface area contributed by atoms with Crippen LogP contribution in [0.25, 0.3) is 0 Å². The molecular weight excluding hydrogens is 180 g/mol. The lowest BCUT2D eigenvalue weighted by Gasteiger charge is -2.31. The van der Waals surface area contributed by atoms with Crippen LogP contribution in [0.3, 0.4) is 0 Å². The lowest BCUT2D eigenvalue weighted by atomic mass is 10.2. The molecule has 1 aliphatic rings. The van der Waals surface area contributed by atoms with Gasteiger partial charge in [0.15, 0.2) is 0 Å². The molecule has 1 atom stereocenters. The van der Waals surface area contributed by atoms with Gasteiger partial charge in [-0.3, -0.25) is 0 Å². The van der Waals surface area contributed by atoms with Gasteiger partial charge in [-0.1, -0.05) is 13.3 Å². The summed E-state index contributed by atoms with van der Waals surface area (Å²) in [6, 6.07) is 0.377. The third-order valence-electron chi connectivity index (χ3n) is 2.35. The number of nitrogens with zero attached hydrogens (tertiary/aromatic N) is 1. The molecule has 1 N–H and O–H groups in total. The first-order valence-corrected chi connectivity index (χ1v) is 5.39. The van der Waals surface area contributed by atoms with Crippen molar-refractivity contribution in [3.63, 3.8) is 0 Å². The van der Waals surface area contributed by atoms with Gasteiger partial charge in [0.2, 0.25) is 0 Å². The Labute approximate surface area is 85.6 Å².